The van der Waals surface area contributed by atoms with Crippen molar-refractivity contribution in [3.63, 3.8) is 0 Å². The molecule has 4 atom stereocenters. The molecule has 12 heteroatoms. The number of esters is 1. The number of nitrogens with one attached hydrogen (secondary N) is 3. The van der Waals surface area contributed by atoms with E-state index in [0.717, 1.165) is 5.56 Å². The first-order valence-corrected chi connectivity index (χ1v) is 14.6. The summed E-state index contributed by atoms with van der Waals surface area (Å²) < 4.78 is 11.0. The number of anilines is 1. The summed E-state index contributed by atoms with van der Waals surface area (Å²) in [5.41, 5.74) is 0.848. The van der Waals surface area contributed by atoms with Crippen molar-refractivity contribution >= 4 is 46.9 Å². The Kier molecular flexibility index (Phi) is 10.1. The van der Waals surface area contributed by atoms with Crippen LogP contribution in [0.15, 0.2) is 48.5 Å². The molecule has 2 fully saturated rings. The summed E-state index contributed by atoms with van der Waals surface area (Å²) in [7, 11) is 0. The van der Waals surface area contributed by atoms with E-state index in [2.05, 4.69) is 16.0 Å². The number of carbonyl (C=O) groups excluding carboxylic acids is 5. The van der Waals surface area contributed by atoms with Crippen LogP contribution < -0.4 is 16.0 Å². The van der Waals surface area contributed by atoms with Gasteiger partial charge in [-0.15, -0.1) is 0 Å². The lowest BCUT2D eigenvalue weighted by Gasteiger charge is -2.28. The predicted molar refractivity (Wildman–Crippen MR) is 159 cm³/mol. The summed E-state index contributed by atoms with van der Waals surface area (Å²) in [4.78, 5) is 65.2. The number of cyclic esters (lactones) is 1. The van der Waals surface area contributed by atoms with Crippen molar-refractivity contribution < 1.29 is 33.4 Å². The van der Waals surface area contributed by atoms with Crippen LogP contribution in [0.4, 0.5) is 5.69 Å². The lowest BCUT2D eigenvalue weighted by Crippen LogP contribution is -2.54. The van der Waals surface area contributed by atoms with E-state index in [1.807, 2.05) is 30.3 Å². The van der Waals surface area contributed by atoms with Gasteiger partial charge in [0.1, 0.15) is 18.1 Å². The fourth-order valence-corrected chi connectivity index (χ4v) is 5.03. The van der Waals surface area contributed by atoms with Gasteiger partial charge in [-0.05, 0) is 43.5 Å². The highest BCUT2D eigenvalue weighted by atomic mass is 35.5. The molecule has 43 heavy (non-hydrogen) atoms. The third-order valence-corrected chi connectivity index (χ3v) is 7.58. The molecule has 0 spiro atoms. The lowest BCUT2D eigenvalue weighted by atomic mass is 9.95. The molecule has 0 saturated carbocycles. The molecule has 4 rings (SSSR count). The minimum Gasteiger partial charge on any atom is -0.433 e. The second kappa shape index (κ2) is 13.6. The minimum absolute atomic E-state index is 0.0421. The normalized spacial score (nSPS) is 20.7. The molecule has 2 aromatic carbocycles. The monoisotopic (exact) mass is 612 g/mol. The molecule has 11 nitrogen and oxygen atoms in total. The minimum atomic E-state index is -0.944. The third kappa shape index (κ3) is 8.11. The number of carbonyl (C=O) groups is 5. The fourth-order valence-electron chi connectivity index (χ4n) is 4.80. The van der Waals surface area contributed by atoms with E-state index in [0.29, 0.717) is 25.1 Å². The van der Waals surface area contributed by atoms with Crippen LogP contribution in [-0.2, 0) is 35.3 Å². The summed E-state index contributed by atoms with van der Waals surface area (Å²) in [6.45, 7) is 7.41. The van der Waals surface area contributed by atoms with Crippen LogP contribution in [0.5, 0.6) is 0 Å². The van der Waals surface area contributed by atoms with Gasteiger partial charge in [-0.3, -0.25) is 24.0 Å². The predicted octanol–water partition coefficient (Wildman–Crippen LogP) is 3.41. The Morgan fingerprint density at radius 2 is 1.84 bits per heavy atom. The van der Waals surface area contributed by atoms with Crippen molar-refractivity contribution in [2.75, 3.05) is 11.9 Å². The fraction of sp³-hybridized carbons (Fsp3) is 0.452. The van der Waals surface area contributed by atoms with E-state index < -0.39 is 53.5 Å². The second-order valence-corrected chi connectivity index (χ2v) is 12.2. The molecule has 4 unspecified atom stereocenters. The number of amides is 4. The second-order valence-electron chi connectivity index (χ2n) is 11.8. The van der Waals surface area contributed by atoms with Crippen LogP contribution in [0.3, 0.4) is 0 Å². The maximum atomic E-state index is 13.3. The number of benzene rings is 2. The van der Waals surface area contributed by atoms with Crippen LogP contribution in [0.2, 0.25) is 5.02 Å². The first-order chi connectivity index (χ1) is 20.3. The first-order valence-electron chi connectivity index (χ1n) is 14.2. The van der Waals surface area contributed by atoms with Gasteiger partial charge in [-0.2, -0.15) is 0 Å². The highest BCUT2D eigenvalue weighted by molar-refractivity contribution is 6.34. The van der Waals surface area contributed by atoms with Crippen LogP contribution in [0.25, 0.3) is 0 Å². The molecule has 0 aromatic heterocycles. The standard InChI is InChI=1S/C31H37ClN4O7/c1-18(33-26(38)20-12-13-22(21(32)15-20)35-30(41)31(2,3)4)28(40)36-14-8-11-24(36)27(39)34-23-16-25(37)43-29(23)42-17-19-9-6-5-7-10-19/h5-7,9-10,12-13,15,18,23-24,29H,8,11,14,16-17H2,1-4H3,(H,33,38)(H,34,39)(H,35,41). The van der Waals surface area contributed by atoms with Gasteiger partial charge in [-0.25, -0.2) is 0 Å². The molecular weight excluding hydrogens is 576 g/mol. The summed E-state index contributed by atoms with van der Waals surface area (Å²) in [6, 6.07) is 11.4. The van der Waals surface area contributed by atoms with Crippen LogP contribution in [0.1, 0.15) is 62.9 Å². The average molecular weight is 613 g/mol. The molecule has 0 radical (unpaired) electrons. The van der Waals surface area contributed by atoms with Crippen LogP contribution >= 0.6 is 11.6 Å². The summed E-state index contributed by atoms with van der Waals surface area (Å²) in [5.74, 6) is -2.07. The Morgan fingerprint density at radius 1 is 1.12 bits per heavy atom. The highest BCUT2D eigenvalue weighted by Gasteiger charge is 2.41. The largest absolute Gasteiger partial charge is 0.433 e. The van der Waals surface area contributed by atoms with E-state index in [4.69, 9.17) is 21.1 Å². The molecule has 230 valence electrons. The third-order valence-electron chi connectivity index (χ3n) is 7.26. The van der Waals surface area contributed by atoms with Crippen LogP contribution in [0, 0.1) is 5.41 Å². The van der Waals surface area contributed by atoms with Crippen molar-refractivity contribution in [2.24, 2.45) is 5.41 Å². The van der Waals surface area contributed by atoms with E-state index >= 15 is 0 Å². The van der Waals surface area contributed by atoms with Gasteiger partial charge in [0, 0.05) is 17.5 Å². The topological polar surface area (TPSA) is 143 Å². The molecule has 2 aliphatic rings. The maximum absolute atomic E-state index is 13.3. The molecule has 2 aliphatic heterocycles. The Morgan fingerprint density at radius 3 is 2.51 bits per heavy atom. The zero-order valence-corrected chi connectivity index (χ0v) is 25.4. The van der Waals surface area contributed by atoms with Crippen molar-refractivity contribution in [2.45, 2.75) is 78.0 Å². The number of hydrogen-bond acceptors (Lipinski definition) is 7. The molecular formula is C31H37ClN4O7. The molecule has 2 heterocycles. The van der Waals surface area contributed by atoms with E-state index in [9.17, 15) is 24.0 Å². The van der Waals surface area contributed by atoms with Gasteiger partial charge in [0.25, 0.3) is 5.91 Å². The average Bonchev–Trinajstić information content (AvgIpc) is 3.59. The molecule has 0 aliphatic carbocycles. The zero-order chi connectivity index (χ0) is 31.3. The summed E-state index contributed by atoms with van der Waals surface area (Å²) >= 11 is 6.31. The number of likely N-dealkylation sites (tertiary alicyclic amines) is 1. The molecule has 2 aromatic rings. The smallest absolute Gasteiger partial charge is 0.310 e. The van der Waals surface area contributed by atoms with Gasteiger partial charge in [0.15, 0.2) is 0 Å². The Hall–Kier alpha value is -3.96. The van der Waals surface area contributed by atoms with Gasteiger partial charge < -0.3 is 30.3 Å². The Labute approximate surface area is 255 Å². The van der Waals surface area contributed by atoms with Crippen molar-refractivity contribution in [1.29, 1.82) is 0 Å². The number of nitrogens with zero attached hydrogens (tertiary/aromatic N) is 1. The van der Waals surface area contributed by atoms with E-state index in [1.165, 1.54) is 23.1 Å². The van der Waals surface area contributed by atoms with Crippen molar-refractivity contribution in [1.82, 2.24) is 15.5 Å². The molecule has 2 saturated heterocycles. The summed E-state index contributed by atoms with van der Waals surface area (Å²) in [6.07, 6.45) is 0.0580. The SMILES string of the molecule is CC(NC(=O)c1ccc(NC(=O)C(C)(C)C)c(Cl)c1)C(=O)N1CCCC1C(=O)NC1CC(=O)OC1OCc1ccccc1. The van der Waals surface area contributed by atoms with Gasteiger partial charge in [0.05, 0.1) is 23.7 Å². The van der Waals surface area contributed by atoms with Gasteiger partial charge >= 0.3 is 5.97 Å². The van der Waals surface area contributed by atoms with Crippen molar-refractivity contribution in [3.8, 4) is 0 Å². The molecule has 4 amide bonds. The highest BCUT2D eigenvalue weighted by Crippen LogP contribution is 2.26. The summed E-state index contributed by atoms with van der Waals surface area (Å²) in [5, 5.41) is 8.42. The Bertz CT molecular complexity index is 1380. The molecule has 0 bridgehead atoms. The lowest BCUT2D eigenvalue weighted by molar-refractivity contribution is -0.168. The van der Waals surface area contributed by atoms with E-state index in [1.54, 1.807) is 27.7 Å². The van der Waals surface area contributed by atoms with Gasteiger partial charge in [0.2, 0.25) is 24.0 Å². The zero-order valence-electron chi connectivity index (χ0n) is 24.6. The number of rotatable bonds is 9. The quantitative estimate of drug-likeness (QED) is 0.368. The number of hydrogen-bond donors (Lipinski definition) is 3. The number of ether oxygens (including phenoxy) is 2. The van der Waals surface area contributed by atoms with E-state index in [-0.39, 0.29) is 29.5 Å². The van der Waals surface area contributed by atoms with Crippen LogP contribution in [-0.4, -0.2) is 65.5 Å². The van der Waals surface area contributed by atoms with Gasteiger partial charge in [-0.1, -0.05) is 62.7 Å². The Balaban J connectivity index is 1.33. The maximum Gasteiger partial charge on any atom is 0.310 e. The van der Waals surface area contributed by atoms with Crippen molar-refractivity contribution in [3.05, 3.63) is 64.7 Å². The first kappa shape index (κ1) is 32.0. The molecule has 3 N–H and O–H groups in total. The number of halogens is 1.